The number of anilines is 1. The molecule has 90 valence electrons. The third kappa shape index (κ3) is 1.77. The van der Waals surface area contributed by atoms with Gasteiger partial charge in [-0.25, -0.2) is 4.39 Å². The molecule has 2 aliphatic rings. The van der Waals surface area contributed by atoms with Gasteiger partial charge in [-0.3, -0.25) is 0 Å². The van der Waals surface area contributed by atoms with Crippen LogP contribution < -0.4 is 4.90 Å². The smallest absolute Gasteiger partial charge is 0.285 e. The molecule has 1 aliphatic heterocycles. The lowest BCUT2D eigenvalue weighted by molar-refractivity contribution is 0.594. The lowest BCUT2D eigenvalue weighted by Gasteiger charge is -2.25. The van der Waals surface area contributed by atoms with Crippen LogP contribution in [-0.2, 0) is 10.0 Å². The molecule has 0 atom stereocenters. The standard InChI is InChI=1S/C10H8BrFN2O2S/c11-7-3-10-9(4-8(7)12)14(6-1-2-6)5-13-17(10,15)16/h3-6H,1-2H2. The number of benzene rings is 1. The van der Waals surface area contributed by atoms with Crippen molar-refractivity contribution in [1.82, 2.24) is 0 Å². The van der Waals surface area contributed by atoms with Crippen LogP contribution in [0.25, 0.3) is 0 Å². The minimum Gasteiger partial charge on any atom is -0.327 e. The van der Waals surface area contributed by atoms with E-state index in [0.29, 0.717) is 5.69 Å². The zero-order chi connectivity index (χ0) is 12.2. The summed E-state index contributed by atoms with van der Waals surface area (Å²) in [6.45, 7) is 0. The highest BCUT2D eigenvalue weighted by atomic mass is 79.9. The number of nitrogens with zero attached hydrogens (tertiary/aromatic N) is 2. The summed E-state index contributed by atoms with van der Waals surface area (Å²) in [6.07, 6.45) is 3.23. The summed E-state index contributed by atoms with van der Waals surface area (Å²) in [5.74, 6) is -0.472. The van der Waals surface area contributed by atoms with E-state index in [4.69, 9.17) is 0 Å². The fourth-order valence-electron chi connectivity index (χ4n) is 1.80. The second-order valence-electron chi connectivity index (χ2n) is 4.07. The highest BCUT2D eigenvalue weighted by Gasteiger charge is 2.35. The van der Waals surface area contributed by atoms with Crippen molar-refractivity contribution in [2.24, 2.45) is 4.40 Å². The maximum atomic E-state index is 13.5. The fourth-order valence-corrected chi connectivity index (χ4v) is 3.33. The van der Waals surface area contributed by atoms with E-state index in [1.807, 2.05) is 0 Å². The van der Waals surface area contributed by atoms with Crippen LogP contribution in [0.3, 0.4) is 0 Å². The first kappa shape index (κ1) is 11.2. The fraction of sp³-hybridized carbons (Fsp3) is 0.300. The van der Waals surface area contributed by atoms with Gasteiger partial charge in [-0.1, -0.05) is 0 Å². The minimum atomic E-state index is -3.69. The van der Waals surface area contributed by atoms with Gasteiger partial charge in [0.15, 0.2) is 0 Å². The largest absolute Gasteiger partial charge is 0.327 e. The number of rotatable bonds is 1. The van der Waals surface area contributed by atoms with Crippen LogP contribution in [0.2, 0.25) is 0 Å². The second-order valence-corrected chi connectivity index (χ2v) is 6.52. The number of hydrogen-bond acceptors (Lipinski definition) is 3. The molecule has 1 heterocycles. The maximum Gasteiger partial charge on any atom is 0.285 e. The molecule has 7 heteroatoms. The molecule has 0 bridgehead atoms. The molecule has 1 fully saturated rings. The molecule has 3 rings (SSSR count). The van der Waals surface area contributed by atoms with Crippen LogP contribution in [0.4, 0.5) is 10.1 Å². The summed E-state index contributed by atoms with van der Waals surface area (Å²) in [4.78, 5) is 1.78. The van der Waals surface area contributed by atoms with Crippen LogP contribution in [0, 0.1) is 5.82 Å². The molecule has 1 aromatic rings. The van der Waals surface area contributed by atoms with E-state index in [0.717, 1.165) is 12.8 Å². The third-order valence-electron chi connectivity index (χ3n) is 2.81. The molecule has 0 saturated heterocycles. The van der Waals surface area contributed by atoms with Crippen molar-refractivity contribution in [3.63, 3.8) is 0 Å². The summed E-state index contributed by atoms with van der Waals surface area (Å²) in [5.41, 5.74) is 0.378. The van der Waals surface area contributed by atoms with Crippen LogP contribution >= 0.6 is 15.9 Å². The molecule has 1 aliphatic carbocycles. The molecule has 0 spiro atoms. The van der Waals surface area contributed by atoms with Gasteiger partial charge in [0, 0.05) is 12.1 Å². The lowest BCUT2D eigenvalue weighted by Crippen LogP contribution is -2.29. The van der Waals surface area contributed by atoms with E-state index in [9.17, 15) is 12.8 Å². The molecular formula is C10H8BrFN2O2S. The van der Waals surface area contributed by atoms with Crippen molar-refractivity contribution in [2.75, 3.05) is 4.90 Å². The van der Waals surface area contributed by atoms with Gasteiger partial charge in [0.1, 0.15) is 17.1 Å². The van der Waals surface area contributed by atoms with Crippen molar-refractivity contribution in [2.45, 2.75) is 23.8 Å². The predicted octanol–water partition coefficient (Wildman–Crippen LogP) is 2.29. The average Bonchev–Trinajstić information content (AvgIpc) is 3.05. The first-order chi connectivity index (χ1) is 7.99. The zero-order valence-electron chi connectivity index (χ0n) is 8.60. The number of fused-ring (bicyclic) bond motifs is 1. The quantitative estimate of drug-likeness (QED) is 0.798. The van der Waals surface area contributed by atoms with Crippen LogP contribution in [0.5, 0.6) is 0 Å². The Bertz CT molecular complexity index is 625. The summed E-state index contributed by atoms with van der Waals surface area (Å²) in [6, 6.07) is 2.75. The van der Waals surface area contributed by atoms with E-state index < -0.39 is 15.8 Å². The topological polar surface area (TPSA) is 49.7 Å². The molecule has 1 aromatic carbocycles. The highest BCUT2D eigenvalue weighted by molar-refractivity contribution is 9.10. The van der Waals surface area contributed by atoms with E-state index in [1.54, 1.807) is 4.90 Å². The predicted molar refractivity (Wildman–Crippen MR) is 65.3 cm³/mol. The summed E-state index contributed by atoms with van der Waals surface area (Å²) in [7, 11) is -3.69. The Morgan fingerprint density at radius 3 is 2.76 bits per heavy atom. The normalized spacial score (nSPS) is 21.4. The van der Waals surface area contributed by atoms with Gasteiger partial charge < -0.3 is 4.90 Å². The Kier molecular flexibility index (Phi) is 2.31. The van der Waals surface area contributed by atoms with Crippen LogP contribution in [-0.4, -0.2) is 20.8 Å². The van der Waals surface area contributed by atoms with E-state index in [-0.39, 0.29) is 15.4 Å². The molecule has 17 heavy (non-hydrogen) atoms. The van der Waals surface area contributed by atoms with E-state index >= 15 is 0 Å². The highest BCUT2D eigenvalue weighted by Crippen LogP contribution is 2.39. The van der Waals surface area contributed by atoms with Gasteiger partial charge in [0.2, 0.25) is 0 Å². The van der Waals surface area contributed by atoms with Crippen LogP contribution in [0.15, 0.2) is 25.9 Å². The van der Waals surface area contributed by atoms with Gasteiger partial charge in [0.05, 0.1) is 10.2 Å². The third-order valence-corrected chi connectivity index (χ3v) is 4.67. The van der Waals surface area contributed by atoms with E-state index in [1.165, 1.54) is 18.5 Å². The Balaban J connectivity index is 2.25. The summed E-state index contributed by atoms with van der Waals surface area (Å²) in [5, 5.41) is 0. The Hall–Kier alpha value is -0.950. The molecule has 0 amide bonds. The first-order valence-corrected chi connectivity index (χ1v) is 7.30. The monoisotopic (exact) mass is 318 g/mol. The Morgan fingerprint density at radius 1 is 1.41 bits per heavy atom. The van der Waals surface area contributed by atoms with Gasteiger partial charge in [-0.05, 0) is 34.8 Å². The molecule has 1 saturated carbocycles. The molecular weight excluding hydrogens is 311 g/mol. The van der Waals surface area contributed by atoms with Gasteiger partial charge in [-0.15, -0.1) is 4.40 Å². The average molecular weight is 319 g/mol. The second kappa shape index (κ2) is 3.52. The van der Waals surface area contributed by atoms with Crippen LogP contribution in [0.1, 0.15) is 12.8 Å². The first-order valence-electron chi connectivity index (χ1n) is 5.07. The van der Waals surface area contributed by atoms with Gasteiger partial charge in [-0.2, -0.15) is 8.42 Å². The Morgan fingerprint density at radius 2 is 2.12 bits per heavy atom. The zero-order valence-corrected chi connectivity index (χ0v) is 11.0. The summed E-state index contributed by atoms with van der Waals surface area (Å²) < 4.78 is 40.7. The van der Waals surface area contributed by atoms with Gasteiger partial charge in [0.25, 0.3) is 10.0 Å². The van der Waals surface area contributed by atoms with Crippen molar-refractivity contribution < 1.29 is 12.8 Å². The maximum absolute atomic E-state index is 13.5. The van der Waals surface area contributed by atoms with Crippen molar-refractivity contribution in [1.29, 1.82) is 0 Å². The van der Waals surface area contributed by atoms with Crippen molar-refractivity contribution >= 4 is 38.0 Å². The SMILES string of the molecule is O=S1(=O)N=CN(C2CC2)c2cc(F)c(Br)cc21. The van der Waals surface area contributed by atoms with Gasteiger partial charge >= 0.3 is 0 Å². The summed E-state index contributed by atoms with van der Waals surface area (Å²) >= 11 is 2.99. The molecule has 0 N–H and O–H groups in total. The molecule has 0 radical (unpaired) electrons. The Labute approximate surface area is 106 Å². The number of hydrogen-bond donors (Lipinski definition) is 0. The lowest BCUT2D eigenvalue weighted by atomic mass is 10.3. The van der Waals surface area contributed by atoms with Crippen molar-refractivity contribution in [3.8, 4) is 0 Å². The van der Waals surface area contributed by atoms with Crippen molar-refractivity contribution in [3.05, 3.63) is 22.4 Å². The molecule has 4 nitrogen and oxygen atoms in total. The minimum absolute atomic E-state index is 0.0557. The number of sulfonamides is 1. The molecule has 0 aromatic heterocycles. The number of halogens is 2. The molecule has 0 unspecified atom stereocenters. The van der Waals surface area contributed by atoms with E-state index in [2.05, 4.69) is 20.3 Å².